The summed E-state index contributed by atoms with van der Waals surface area (Å²) in [6.07, 6.45) is 3.10. The van der Waals surface area contributed by atoms with E-state index in [0.717, 1.165) is 0 Å². The van der Waals surface area contributed by atoms with E-state index in [1.54, 1.807) is 24.4 Å². The summed E-state index contributed by atoms with van der Waals surface area (Å²) in [6.45, 7) is 0.0186. The van der Waals surface area contributed by atoms with Gasteiger partial charge in [0.2, 0.25) is 5.91 Å². The third-order valence-electron chi connectivity index (χ3n) is 2.92. The smallest absolute Gasteiger partial charge is 0.260 e. The maximum Gasteiger partial charge on any atom is 0.260 e. The Labute approximate surface area is 109 Å². The summed E-state index contributed by atoms with van der Waals surface area (Å²) in [4.78, 5) is 29.5. The number of carbonyl (C=O) groups excluding carboxylic acids is 2. The zero-order chi connectivity index (χ0) is 13.2. The molecule has 0 saturated heterocycles. The van der Waals surface area contributed by atoms with Gasteiger partial charge in [-0.1, -0.05) is 12.1 Å². The highest BCUT2D eigenvalue weighted by Gasteiger charge is 2.27. The number of aromatic nitrogens is 1. The van der Waals surface area contributed by atoms with E-state index in [1.807, 2.05) is 18.2 Å². The van der Waals surface area contributed by atoms with Crippen LogP contribution in [-0.4, -0.2) is 23.3 Å². The molecule has 0 unspecified atom stereocenters. The minimum absolute atomic E-state index is 0.0186. The number of nitrogens with zero attached hydrogens (tertiary/aromatic N) is 2. The minimum Gasteiger partial charge on any atom is -0.323 e. The molecule has 2 heterocycles. The molecule has 1 aliphatic heterocycles. The molecule has 0 radical (unpaired) electrons. The number of anilines is 2. The lowest BCUT2D eigenvalue weighted by Gasteiger charge is -2.29. The van der Waals surface area contributed by atoms with E-state index in [-0.39, 0.29) is 18.4 Å². The Balaban J connectivity index is 2.02. The fraction of sp³-hybridized carbons (Fsp3) is 0.0714. The number of rotatable bonds is 1. The lowest BCUT2D eigenvalue weighted by molar-refractivity contribution is -0.115. The predicted octanol–water partition coefficient (Wildman–Crippen LogP) is 1.68. The molecular weight excluding hydrogens is 242 g/mol. The molecule has 5 heteroatoms. The number of benzene rings is 1. The number of hydrogen-bond acceptors (Lipinski definition) is 3. The van der Waals surface area contributed by atoms with Crippen LogP contribution in [0.25, 0.3) is 0 Å². The van der Waals surface area contributed by atoms with Crippen molar-refractivity contribution in [2.45, 2.75) is 0 Å². The van der Waals surface area contributed by atoms with Crippen LogP contribution >= 0.6 is 0 Å². The number of para-hydroxylation sites is 2. The molecule has 0 aliphatic carbocycles. The van der Waals surface area contributed by atoms with Crippen molar-refractivity contribution in [1.29, 1.82) is 0 Å². The lowest BCUT2D eigenvalue weighted by Crippen LogP contribution is -2.42. The van der Waals surface area contributed by atoms with Crippen LogP contribution in [0.15, 0.2) is 48.8 Å². The van der Waals surface area contributed by atoms with Crippen molar-refractivity contribution < 1.29 is 9.59 Å². The third-order valence-corrected chi connectivity index (χ3v) is 2.92. The number of nitrogens with one attached hydrogen (secondary N) is 1. The molecule has 3 rings (SSSR count). The monoisotopic (exact) mass is 253 g/mol. The lowest BCUT2D eigenvalue weighted by atomic mass is 10.1. The Kier molecular flexibility index (Phi) is 2.72. The van der Waals surface area contributed by atoms with Gasteiger partial charge in [0.25, 0.3) is 5.91 Å². The van der Waals surface area contributed by atoms with Crippen molar-refractivity contribution in [3.8, 4) is 0 Å². The maximum absolute atomic E-state index is 12.4. The average Bonchev–Trinajstić information content (AvgIpc) is 2.46. The van der Waals surface area contributed by atoms with Gasteiger partial charge in [-0.15, -0.1) is 0 Å². The highest BCUT2D eigenvalue weighted by Crippen LogP contribution is 2.29. The topological polar surface area (TPSA) is 62.3 Å². The molecule has 5 nitrogen and oxygen atoms in total. The summed E-state index contributed by atoms with van der Waals surface area (Å²) in [5.41, 5.74) is 1.82. The van der Waals surface area contributed by atoms with Crippen LogP contribution < -0.4 is 10.2 Å². The van der Waals surface area contributed by atoms with Crippen LogP contribution in [0.3, 0.4) is 0 Å². The summed E-state index contributed by atoms with van der Waals surface area (Å²) < 4.78 is 0. The molecule has 0 fully saturated rings. The number of hydrogen-bond donors (Lipinski definition) is 1. The Hall–Kier alpha value is -2.69. The number of carbonyl (C=O) groups is 2. The molecule has 0 saturated carbocycles. The third kappa shape index (κ3) is 2.06. The van der Waals surface area contributed by atoms with Crippen LogP contribution in [0.1, 0.15) is 10.4 Å². The Morgan fingerprint density at radius 1 is 1.21 bits per heavy atom. The van der Waals surface area contributed by atoms with Gasteiger partial charge in [-0.05, 0) is 24.3 Å². The van der Waals surface area contributed by atoms with E-state index >= 15 is 0 Å². The first-order valence-corrected chi connectivity index (χ1v) is 5.86. The van der Waals surface area contributed by atoms with Crippen LogP contribution in [0.4, 0.5) is 11.4 Å². The molecule has 2 aromatic rings. The average molecular weight is 253 g/mol. The second-order valence-electron chi connectivity index (χ2n) is 4.20. The molecule has 1 aromatic carbocycles. The number of amides is 2. The van der Waals surface area contributed by atoms with E-state index in [9.17, 15) is 9.59 Å². The summed E-state index contributed by atoms with van der Waals surface area (Å²) in [7, 11) is 0. The van der Waals surface area contributed by atoms with Crippen molar-refractivity contribution in [3.63, 3.8) is 0 Å². The predicted molar refractivity (Wildman–Crippen MR) is 71.0 cm³/mol. The first-order chi connectivity index (χ1) is 9.25. The quantitative estimate of drug-likeness (QED) is 0.841. The van der Waals surface area contributed by atoms with Crippen LogP contribution in [0, 0.1) is 0 Å². The Bertz CT molecular complexity index is 640. The highest BCUT2D eigenvalue weighted by atomic mass is 16.2. The molecule has 1 aliphatic rings. The second-order valence-corrected chi connectivity index (χ2v) is 4.20. The first kappa shape index (κ1) is 11.4. The number of pyridine rings is 1. The molecule has 0 spiro atoms. The van der Waals surface area contributed by atoms with Gasteiger partial charge in [-0.25, -0.2) is 0 Å². The van der Waals surface area contributed by atoms with Crippen molar-refractivity contribution in [2.75, 3.05) is 16.8 Å². The van der Waals surface area contributed by atoms with Gasteiger partial charge >= 0.3 is 0 Å². The van der Waals surface area contributed by atoms with Gasteiger partial charge in [0.05, 0.1) is 16.9 Å². The largest absolute Gasteiger partial charge is 0.323 e. The number of fused-ring (bicyclic) bond motifs is 1. The zero-order valence-electron chi connectivity index (χ0n) is 10.0. The summed E-state index contributed by atoms with van der Waals surface area (Å²) in [6, 6.07) is 10.6. The van der Waals surface area contributed by atoms with Gasteiger partial charge in [-0.2, -0.15) is 0 Å². The molecular formula is C14H11N3O2. The van der Waals surface area contributed by atoms with Crippen molar-refractivity contribution in [1.82, 2.24) is 4.98 Å². The highest BCUT2D eigenvalue weighted by molar-refractivity contribution is 6.14. The van der Waals surface area contributed by atoms with Gasteiger partial charge in [0.1, 0.15) is 6.54 Å². The van der Waals surface area contributed by atoms with Crippen molar-refractivity contribution in [2.24, 2.45) is 0 Å². The van der Waals surface area contributed by atoms with E-state index < -0.39 is 0 Å². The molecule has 1 aromatic heterocycles. The summed E-state index contributed by atoms with van der Waals surface area (Å²) in [5.74, 6) is -0.425. The van der Waals surface area contributed by atoms with Gasteiger partial charge in [-0.3, -0.25) is 19.5 Å². The summed E-state index contributed by atoms with van der Waals surface area (Å²) in [5, 5.41) is 2.75. The molecule has 2 amide bonds. The SMILES string of the molecule is O=C1CN(C(=O)c2cccnc2)c2ccccc2N1. The van der Waals surface area contributed by atoms with Crippen molar-refractivity contribution >= 4 is 23.2 Å². The normalized spacial score (nSPS) is 13.7. The minimum atomic E-state index is -0.226. The van der Waals surface area contributed by atoms with Crippen molar-refractivity contribution in [3.05, 3.63) is 54.4 Å². The van der Waals surface area contributed by atoms with E-state index in [1.165, 1.54) is 11.1 Å². The molecule has 0 atom stereocenters. The standard InChI is InChI=1S/C14H11N3O2/c18-13-9-17(12-6-2-1-5-11(12)16-13)14(19)10-4-3-7-15-8-10/h1-8H,9H2,(H,16,18). The first-order valence-electron chi connectivity index (χ1n) is 5.86. The molecule has 19 heavy (non-hydrogen) atoms. The molecule has 94 valence electrons. The molecule has 1 N–H and O–H groups in total. The van der Waals surface area contributed by atoms with Gasteiger partial charge in [0, 0.05) is 12.4 Å². The maximum atomic E-state index is 12.4. The van der Waals surface area contributed by atoms with Gasteiger partial charge in [0.15, 0.2) is 0 Å². The van der Waals surface area contributed by atoms with Crippen LogP contribution in [-0.2, 0) is 4.79 Å². The second kappa shape index (κ2) is 4.53. The Morgan fingerprint density at radius 2 is 2.05 bits per heavy atom. The Morgan fingerprint density at radius 3 is 2.84 bits per heavy atom. The van der Waals surface area contributed by atoms with Crippen LogP contribution in [0.5, 0.6) is 0 Å². The van der Waals surface area contributed by atoms with Crippen LogP contribution in [0.2, 0.25) is 0 Å². The fourth-order valence-corrected chi connectivity index (χ4v) is 2.06. The zero-order valence-corrected chi connectivity index (χ0v) is 10.0. The van der Waals surface area contributed by atoms with Gasteiger partial charge < -0.3 is 5.32 Å². The van der Waals surface area contributed by atoms with E-state index in [0.29, 0.717) is 16.9 Å². The summed E-state index contributed by atoms with van der Waals surface area (Å²) >= 11 is 0. The molecule has 0 bridgehead atoms. The van der Waals surface area contributed by atoms with E-state index in [4.69, 9.17) is 0 Å². The van der Waals surface area contributed by atoms with E-state index in [2.05, 4.69) is 10.3 Å². The fourth-order valence-electron chi connectivity index (χ4n) is 2.06.